The van der Waals surface area contributed by atoms with Gasteiger partial charge in [0.2, 0.25) is 0 Å². The highest BCUT2D eigenvalue weighted by atomic mass is 15.0. The first-order valence-electron chi connectivity index (χ1n) is 3.76. The van der Waals surface area contributed by atoms with Crippen LogP contribution in [0.5, 0.6) is 0 Å². The summed E-state index contributed by atoms with van der Waals surface area (Å²) in [5, 5.41) is 0. The third kappa shape index (κ3) is 5.63. The van der Waals surface area contributed by atoms with Crippen molar-refractivity contribution in [2.45, 2.75) is 19.8 Å². The maximum Gasteiger partial charge on any atom is 0.00527 e. The van der Waals surface area contributed by atoms with Gasteiger partial charge in [0.1, 0.15) is 0 Å². The molecule has 10 heavy (non-hydrogen) atoms. The van der Waals surface area contributed by atoms with Crippen molar-refractivity contribution in [1.82, 2.24) is 4.90 Å². The van der Waals surface area contributed by atoms with Gasteiger partial charge in [-0.15, -0.1) is 0 Å². The first kappa shape index (κ1) is 9.50. The Kier molecular flexibility index (Phi) is 5.03. The number of nitrogens with zero attached hydrogens (tertiary/aromatic N) is 1. The van der Waals surface area contributed by atoms with Crippen LogP contribution < -0.4 is 5.73 Å². The van der Waals surface area contributed by atoms with Gasteiger partial charge in [0.15, 0.2) is 0 Å². The zero-order valence-electron chi connectivity index (χ0n) is 7.22. The number of nitrogens with two attached hydrogens (primary N) is 1. The van der Waals surface area contributed by atoms with Crippen LogP contribution >= 0.6 is 0 Å². The second-order valence-electron chi connectivity index (χ2n) is 2.74. The summed E-state index contributed by atoms with van der Waals surface area (Å²) < 4.78 is 0. The van der Waals surface area contributed by atoms with Crippen LogP contribution in [0, 0.1) is 0 Å². The van der Waals surface area contributed by atoms with Gasteiger partial charge in [-0.25, -0.2) is 0 Å². The van der Waals surface area contributed by atoms with Crippen LogP contribution in [0.4, 0.5) is 0 Å². The van der Waals surface area contributed by atoms with E-state index in [2.05, 4.69) is 32.0 Å². The number of hydrogen-bond acceptors (Lipinski definition) is 2. The van der Waals surface area contributed by atoms with E-state index < -0.39 is 0 Å². The average Bonchev–Trinajstić information content (AvgIpc) is 1.85. The monoisotopic (exact) mass is 142 g/mol. The number of allylic oxidation sites excluding steroid dienone is 1. The highest BCUT2D eigenvalue weighted by molar-refractivity contribution is 4.95. The van der Waals surface area contributed by atoms with E-state index in [-0.39, 0.29) is 0 Å². The summed E-state index contributed by atoms with van der Waals surface area (Å²) in [6.45, 7) is 3.14. The van der Waals surface area contributed by atoms with Crippen LogP contribution in [0.3, 0.4) is 0 Å². The van der Waals surface area contributed by atoms with E-state index in [9.17, 15) is 0 Å². The summed E-state index contributed by atoms with van der Waals surface area (Å²) in [5.41, 5.74) is 6.68. The van der Waals surface area contributed by atoms with Crippen LogP contribution in [0.15, 0.2) is 11.8 Å². The lowest BCUT2D eigenvalue weighted by atomic mass is 10.2. The van der Waals surface area contributed by atoms with Crippen molar-refractivity contribution in [3.63, 3.8) is 0 Å². The van der Waals surface area contributed by atoms with Crippen molar-refractivity contribution in [2.75, 3.05) is 20.6 Å². The lowest BCUT2D eigenvalue weighted by Crippen LogP contribution is -2.15. The Bertz CT molecular complexity index is 106. The Morgan fingerprint density at radius 3 is 2.50 bits per heavy atom. The zero-order valence-corrected chi connectivity index (χ0v) is 7.22. The van der Waals surface area contributed by atoms with E-state index in [1.165, 1.54) is 0 Å². The summed E-state index contributed by atoms with van der Waals surface area (Å²) in [6.07, 6.45) is 4.10. The van der Waals surface area contributed by atoms with E-state index >= 15 is 0 Å². The third-order valence-electron chi connectivity index (χ3n) is 1.31. The van der Waals surface area contributed by atoms with Crippen molar-refractivity contribution in [1.29, 1.82) is 0 Å². The first-order chi connectivity index (χ1) is 4.66. The SMILES string of the molecule is CC/C=C(/N)CCN(C)C. The topological polar surface area (TPSA) is 29.3 Å². The van der Waals surface area contributed by atoms with Gasteiger partial charge in [0.25, 0.3) is 0 Å². The normalized spacial score (nSPS) is 12.6. The number of rotatable bonds is 4. The summed E-state index contributed by atoms with van der Waals surface area (Å²) >= 11 is 0. The summed E-state index contributed by atoms with van der Waals surface area (Å²) in [6, 6.07) is 0. The van der Waals surface area contributed by atoms with Gasteiger partial charge in [-0.1, -0.05) is 13.0 Å². The zero-order chi connectivity index (χ0) is 7.98. The predicted molar refractivity (Wildman–Crippen MR) is 45.7 cm³/mol. The molecule has 0 bridgehead atoms. The highest BCUT2D eigenvalue weighted by Crippen LogP contribution is 1.94. The minimum Gasteiger partial charge on any atom is -0.402 e. The lowest BCUT2D eigenvalue weighted by Gasteiger charge is -2.08. The molecule has 2 N–H and O–H groups in total. The van der Waals surface area contributed by atoms with E-state index in [1.807, 2.05) is 0 Å². The van der Waals surface area contributed by atoms with Crippen molar-refractivity contribution < 1.29 is 0 Å². The molecule has 0 saturated carbocycles. The molecule has 0 heterocycles. The van der Waals surface area contributed by atoms with Crippen LogP contribution in [0.2, 0.25) is 0 Å². The van der Waals surface area contributed by atoms with Crippen LogP contribution in [0.1, 0.15) is 19.8 Å². The molecular weight excluding hydrogens is 124 g/mol. The minimum atomic E-state index is 0.987. The molecule has 0 fully saturated rings. The quantitative estimate of drug-likeness (QED) is 0.639. The fourth-order valence-electron chi connectivity index (χ4n) is 0.717. The van der Waals surface area contributed by atoms with E-state index in [0.29, 0.717) is 0 Å². The molecule has 0 aliphatic rings. The van der Waals surface area contributed by atoms with Gasteiger partial charge in [0.05, 0.1) is 0 Å². The van der Waals surface area contributed by atoms with Crippen molar-refractivity contribution in [3.8, 4) is 0 Å². The molecule has 0 aliphatic heterocycles. The highest BCUT2D eigenvalue weighted by Gasteiger charge is 1.91. The van der Waals surface area contributed by atoms with E-state index in [4.69, 9.17) is 5.73 Å². The molecule has 0 aromatic carbocycles. The van der Waals surface area contributed by atoms with Gasteiger partial charge < -0.3 is 10.6 Å². The second-order valence-corrected chi connectivity index (χ2v) is 2.74. The van der Waals surface area contributed by atoms with Crippen LogP contribution in [0.25, 0.3) is 0 Å². The number of hydrogen-bond donors (Lipinski definition) is 1. The van der Waals surface area contributed by atoms with Gasteiger partial charge in [-0.05, 0) is 26.9 Å². The molecule has 0 aromatic rings. The van der Waals surface area contributed by atoms with Crippen molar-refractivity contribution in [2.24, 2.45) is 5.73 Å². The van der Waals surface area contributed by atoms with Crippen LogP contribution in [-0.2, 0) is 0 Å². The van der Waals surface area contributed by atoms with Crippen LogP contribution in [-0.4, -0.2) is 25.5 Å². The predicted octanol–water partition coefficient (Wildman–Crippen LogP) is 1.19. The molecule has 0 unspecified atom stereocenters. The molecule has 2 heteroatoms. The van der Waals surface area contributed by atoms with Gasteiger partial charge >= 0.3 is 0 Å². The molecule has 0 amide bonds. The summed E-state index contributed by atoms with van der Waals surface area (Å²) in [7, 11) is 4.11. The third-order valence-corrected chi connectivity index (χ3v) is 1.31. The fraction of sp³-hybridized carbons (Fsp3) is 0.750. The first-order valence-corrected chi connectivity index (χ1v) is 3.76. The summed E-state index contributed by atoms with van der Waals surface area (Å²) in [4.78, 5) is 2.14. The maximum atomic E-state index is 5.67. The molecular formula is C8H18N2. The van der Waals surface area contributed by atoms with Crippen molar-refractivity contribution in [3.05, 3.63) is 11.8 Å². The fourth-order valence-corrected chi connectivity index (χ4v) is 0.717. The Morgan fingerprint density at radius 1 is 1.50 bits per heavy atom. The second kappa shape index (κ2) is 5.30. The Labute approximate surface area is 63.7 Å². The molecule has 60 valence electrons. The Balaban J connectivity index is 3.39. The van der Waals surface area contributed by atoms with E-state index in [1.54, 1.807) is 0 Å². The molecule has 2 nitrogen and oxygen atoms in total. The standard InChI is InChI=1S/C8H18N2/c1-4-5-8(9)6-7-10(2)3/h5H,4,6-7,9H2,1-3H3/b8-5+. The summed E-state index contributed by atoms with van der Waals surface area (Å²) in [5.74, 6) is 0. The Hall–Kier alpha value is -0.500. The van der Waals surface area contributed by atoms with E-state index in [0.717, 1.165) is 25.1 Å². The van der Waals surface area contributed by atoms with Gasteiger partial charge in [-0.2, -0.15) is 0 Å². The largest absolute Gasteiger partial charge is 0.402 e. The smallest absolute Gasteiger partial charge is 0.00527 e. The Morgan fingerprint density at radius 2 is 2.10 bits per heavy atom. The average molecular weight is 142 g/mol. The molecule has 0 aliphatic carbocycles. The lowest BCUT2D eigenvalue weighted by molar-refractivity contribution is 0.412. The van der Waals surface area contributed by atoms with Gasteiger partial charge in [0, 0.05) is 12.2 Å². The molecule has 0 radical (unpaired) electrons. The molecule has 0 rings (SSSR count). The molecule has 0 spiro atoms. The van der Waals surface area contributed by atoms with Crippen molar-refractivity contribution >= 4 is 0 Å². The molecule has 0 aromatic heterocycles. The maximum absolute atomic E-state index is 5.67. The molecule has 0 saturated heterocycles. The van der Waals surface area contributed by atoms with Gasteiger partial charge in [-0.3, -0.25) is 0 Å². The molecule has 0 atom stereocenters. The minimum absolute atomic E-state index is 0.987.